The number of amides is 1. The van der Waals surface area contributed by atoms with Crippen LogP contribution in [-0.4, -0.2) is 58.1 Å². The van der Waals surface area contributed by atoms with Gasteiger partial charge in [-0.3, -0.25) is 4.79 Å². The number of rotatable bonds is 9. The fraction of sp³-hybridized carbons (Fsp3) is 0.480. The zero-order chi connectivity index (χ0) is 24.0. The Morgan fingerprint density at radius 2 is 1.79 bits per heavy atom. The second-order valence-corrected chi connectivity index (χ2v) is 10.5. The number of carbonyl (C=O) groups is 1. The van der Waals surface area contributed by atoms with Crippen molar-refractivity contribution in [1.29, 1.82) is 0 Å². The molecule has 0 atom stereocenters. The van der Waals surface area contributed by atoms with Crippen molar-refractivity contribution in [1.82, 2.24) is 4.31 Å². The zero-order valence-electron chi connectivity index (χ0n) is 19.5. The minimum absolute atomic E-state index is 0.159. The Hall–Kier alpha value is -2.62. The maximum atomic E-state index is 13.0. The van der Waals surface area contributed by atoms with Gasteiger partial charge in [-0.15, -0.1) is 0 Å². The molecule has 9 heteroatoms. The fourth-order valence-electron chi connectivity index (χ4n) is 4.33. The number of hydrogen-bond donors (Lipinski definition) is 1. The molecule has 34 heavy (non-hydrogen) atoms. The molecule has 2 fully saturated rings. The van der Waals surface area contributed by atoms with E-state index in [1.165, 1.54) is 24.3 Å². The van der Waals surface area contributed by atoms with Crippen LogP contribution in [0.5, 0.6) is 11.5 Å². The fourth-order valence-corrected chi connectivity index (χ4v) is 5.79. The van der Waals surface area contributed by atoms with Crippen LogP contribution in [-0.2, 0) is 26.0 Å². The van der Waals surface area contributed by atoms with E-state index in [1.54, 1.807) is 18.2 Å². The number of morpholine rings is 1. The maximum absolute atomic E-state index is 13.0. The molecular formula is C25H32N2O6S. The van der Waals surface area contributed by atoms with E-state index < -0.39 is 10.0 Å². The highest BCUT2D eigenvalue weighted by atomic mass is 32.2. The van der Waals surface area contributed by atoms with Crippen LogP contribution in [0.2, 0.25) is 0 Å². The highest BCUT2D eigenvalue weighted by Gasteiger charge is 2.27. The van der Waals surface area contributed by atoms with Crippen molar-refractivity contribution in [2.24, 2.45) is 0 Å². The molecule has 2 aromatic carbocycles. The van der Waals surface area contributed by atoms with Crippen LogP contribution < -0.4 is 14.8 Å². The van der Waals surface area contributed by atoms with Gasteiger partial charge >= 0.3 is 0 Å². The van der Waals surface area contributed by atoms with Gasteiger partial charge in [0.05, 0.1) is 31.3 Å². The molecule has 0 spiro atoms. The highest BCUT2D eigenvalue weighted by Crippen LogP contribution is 2.27. The van der Waals surface area contributed by atoms with Gasteiger partial charge in [0.15, 0.2) is 0 Å². The normalized spacial score (nSPS) is 17.4. The lowest BCUT2D eigenvalue weighted by Crippen LogP contribution is -2.40. The van der Waals surface area contributed by atoms with Gasteiger partial charge in [0.25, 0.3) is 0 Å². The number of carbonyl (C=O) groups excluding carboxylic acids is 1. The van der Waals surface area contributed by atoms with E-state index in [0.29, 0.717) is 55.8 Å². The molecule has 0 radical (unpaired) electrons. The molecular weight excluding hydrogens is 456 g/mol. The molecule has 1 N–H and O–H groups in total. The number of anilines is 1. The van der Waals surface area contributed by atoms with E-state index in [1.807, 2.05) is 24.3 Å². The smallest absolute Gasteiger partial charge is 0.243 e. The van der Waals surface area contributed by atoms with Gasteiger partial charge in [0.1, 0.15) is 11.5 Å². The second-order valence-electron chi connectivity index (χ2n) is 8.59. The summed E-state index contributed by atoms with van der Waals surface area (Å²) in [6.45, 7) is 1.43. The third-order valence-electron chi connectivity index (χ3n) is 6.22. The molecule has 4 rings (SSSR count). The SMILES string of the molecule is COc1ccc(S(=O)(=O)N2CCOCC2)cc1CCC(=O)Nc1ccc(OC2CCCC2)cc1. The van der Waals surface area contributed by atoms with E-state index in [2.05, 4.69) is 5.32 Å². The van der Waals surface area contributed by atoms with Crippen LogP contribution in [0.1, 0.15) is 37.7 Å². The van der Waals surface area contributed by atoms with Crippen LogP contribution in [0.3, 0.4) is 0 Å². The zero-order valence-corrected chi connectivity index (χ0v) is 20.3. The van der Waals surface area contributed by atoms with Crippen LogP contribution in [0.15, 0.2) is 47.4 Å². The Bertz CT molecular complexity index is 1080. The van der Waals surface area contributed by atoms with E-state index >= 15 is 0 Å². The molecule has 0 unspecified atom stereocenters. The maximum Gasteiger partial charge on any atom is 0.243 e. The first kappa shape index (κ1) is 24.5. The monoisotopic (exact) mass is 488 g/mol. The topological polar surface area (TPSA) is 94.2 Å². The lowest BCUT2D eigenvalue weighted by molar-refractivity contribution is -0.116. The minimum Gasteiger partial charge on any atom is -0.496 e. The van der Waals surface area contributed by atoms with Crippen molar-refractivity contribution in [3.8, 4) is 11.5 Å². The Morgan fingerprint density at radius 1 is 1.09 bits per heavy atom. The van der Waals surface area contributed by atoms with Gasteiger partial charge in [-0.05, 0) is 80.1 Å². The largest absolute Gasteiger partial charge is 0.496 e. The molecule has 1 aliphatic carbocycles. The van der Waals surface area contributed by atoms with Gasteiger partial charge in [-0.2, -0.15) is 4.31 Å². The lowest BCUT2D eigenvalue weighted by atomic mass is 10.1. The van der Waals surface area contributed by atoms with Crippen molar-refractivity contribution in [2.45, 2.75) is 49.5 Å². The summed E-state index contributed by atoms with van der Waals surface area (Å²) in [5.41, 5.74) is 1.37. The number of hydrogen-bond acceptors (Lipinski definition) is 6. The summed E-state index contributed by atoms with van der Waals surface area (Å²) < 4.78 is 44.0. The predicted molar refractivity (Wildman–Crippen MR) is 129 cm³/mol. The van der Waals surface area contributed by atoms with Gasteiger partial charge in [0, 0.05) is 25.2 Å². The van der Waals surface area contributed by atoms with Crippen LogP contribution >= 0.6 is 0 Å². The molecule has 1 saturated heterocycles. The Balaban J connectivity index is 1.36. The molecule has 8 nitrogen and oxygen atoms in total. The summed E-state index contributed by atoms with van der Waals surface area (Å²) in [7, 11) is -2.09. The lowest BCUT2D eigenvalue weighted by Gasteiger charge is -2.26. The molecule has 2 aromatic rings. The highest BCUT2D eigenvalue weighted by molar-refractivity contribution is 7.89. The Labute approximate surface area is 201 Å². The number of nitrogens with zero attached hydrogens (tertiary/aromatic N) is 1. The van der Waals surface area contributed by atoms with E-state index in [4.69, 9.17) is 14.2 Å². The van der Waals surface area contributed by atoms with Crippen LogP contribution in [0.25, 0.3) is 0 Å². The first-order chi connectivity index (χ1) is 16.5. The number of methoxy groups -OCH3 is 1. The molecule has 1 saturated carbocycles. The summed E-state index contributed by atoms with van der Waals surface area (Å²) in [5.74, 6) is 1.21. The van der Waals surface area contributed by atoms with Crippen LogP contribution in [0.4, 0.5) is 5.69 Å². The van der Waals surface area contributed by atoms with E-state index in [9.17, 15) is 13.2 Å². The van der Waals surface area contributed by atoms with E-state index in [-0.39, 0.29) is 17.2 Å². The number of ether oxygens (including phenoxy) is 3. The van der Waals surface area contributed by atoms with Crippen molar-refractivity contribution in [3.63, 3.8) is 0 Å². The van der Waals surface area contributed by atoms with Crippen molar-refractivity contribution < 1.29 is 27.4 Å². The quantitative estimate of drug-likeness (QED) is 0.580. The summed E-state index contributed by atoms with van der Waals surface area (Å²) >= 11 is 0. The van der Waals surface area contributed by atoms with Crippen molar-refractivity contribution in [2.75, 3.05) is 38.7 Å². The first-order valence-electron chi connectivity index (χ1n) is 11.8. The average Bonchev–Trinajstić information content (AvgIpc) is 3.37. The molecule has 2 aliphatic rings. The first-order valence-corrected chi connectivity index (χ1v) is 13.2. The standard InChI is InChI=1S/C25H32N2O6S/c1-31-24-12-11-23(34(29,30)27-14-16-32-17-15-27)18-19(24)6-13-25(28)26-20-7-9-22(10-8-20)33-21-4-2-3-5-21/h7-12,18,21H,2-6,13-17H2,1H3,(H,26,28). The average molecular weight is 489 g/mol. The second kappa shape index (κ2) is 11.2. The molecule has 184 valence electrons. The third-order valence-corrected chi connectivity index (χ3v) is 8.12. The number of benzene rings is 2. The molecule has 1 aliphatic heterocycles. The van der Waals surface area contributed by atoms with Crippen molar-refractivity contribution in [3.05, 3.63) is 48.0 Å². The van der Waals surface area contributed by atoms with Crippen LogP contribution in [0, 0.1) is 0 Å². The molecule has 0 aromatic heterocycles. The van der Waals surface area contributed by atoms with E-state index in [0.717, 1.165) is 18.6 Å². The van der Waals surface area contributed by atoms with Gasteiger partial charge in [-0.1, -0.05) is 0 Å². The molecule has 1 heterocycles. The predicted octanol–water partition coefficient (Wildman–Crippen LogP) is 3.61. The molecule has 0 bridgehead atoms. The van der Waals surface area contributed by atoms with Crippen molar-refractivity contribution >= 4 is 21.6 Å². The number of sulfonamides is 1. The van der Waals surface area contributed by atoms with Gasteiger partial charge in [0.2, 0.25) is 15.9 Å². The number of nitrogens with one attached hydrogen (secondary N) is 1. The minimum atomic E-state index is -3.62. The molecule has 1 amide bonds. The summed E-state index contributed by atoms with van der Waals surface area (Å²) in [6, 6.07) is 12.2. The van der Waals surface area contributed by atoms with Gasteiger partial charge < -0.3 is 19.5 Å². The van der Waals surface area contributed by atoms with Gasteiger partial charge in [-0.25, -0.2) is 8.42 Å². The Morgan fingerprint density at radius 3 is 2.47 bits per heavy atom. The summed E-state index contributed by atoms with van der Waals surface area (Å²) in [6.07, 6.45) is 5.45. The number of aryl methyl sites for hydroxylation is 1. The summed E-state index contributed by atoms with van der Waals surface area (Å²) in [5, 5.41) is 2.89. The Kier molecular flexibility index (Phi) is 8.07. The summed E-state index contributed by atoms with van der Waals surface area (Å²) in [4.78, 5) is 12.8. The third kappa shape index (κ3) is 6.08.